The number of ether oxygens (including phenoxy) is 1. The summed E-state index contributed by atoms with van der Waals surface area (Å²) in [6, 6.07) is 15.5. The standard InChI is InChI=1S/C29H41N3O4/c1-2-3-4-5-6-11-17-29(31,20-32-18-16-26(30)27(33)34)28(35)36-19-25-23-14-9-7-12-21(23)22-13-8-10-15-24(22)25/h7-10,12-15,25-26,32H,2-6,11,16-20,30-31H2,1H3,(H,33,34). The van der Waals surface area contributed by atoms with Gasteiger partial charge in [0.2, 0.25) is 0 Å². The molecule has 2 aromatic carbocycles. The molecule has 1 aliphatic carbocycles. The first-order valence-electron chi connectivity index (χ1n) is 13.2. The Morgan fingerprint density at radius 3 is 2.19 bits per heavy atom. The van der Waals surface area contributed by atoms with Crippen LogP contribution in [0.25, 0.3) is 11.1 Å². The normalized spacial score (nSPS) is 15.1. The van der Waals surface area contributed by atoms with Gasteiger partial charge in [-0.3, -0.25) is 9.59 Å². The second-order valence-corrected chi connectivity index (χ2v) is 9.91. The van der Waals surface area contributed by atoms with Gasteiger partial charge >= 0.3 is 11.9 Å². The van der Waals surface area contributed by atoms with Crippen LogP contribution in [0.3, 0.4) is 0 Å². The van der Waals surface area contributed by atoms with E-state index in [1.54, 1.807) is 0 Å². The summed E-state index contributed by atoms with van der Waals surface area (Å²) in [6.07, 6.45) is 7.31. The van der Waals surface area contributed by atoms with Crippen molar-refractivity contribution in [2.45, 2.75) is 75.8 Å². The van der Waals surface area contributed by atoms with E-state index in [1.807, 2.05) is 24.3 Å². The van der Waals surface area contributed by atoms with Crippen molar-refractivity contribution in [3.05, 3.63) is 59.7 Å². The number of benzene rings is 2. The van der Waals surface area contributed by atoms with Crippen LogP contribution in [0.1, 0.15) is 75.3 Å². The zero-order valence-electron chi connectivity index (χ0n) is 21.4. The van der Waals surface area contributed by atoms with Crippen LogP contribution in [0.5, 0.6) is 0 Å². The highest BCUT2D eigenvalue weighted by molar-refractivity contribution is 5.82. The number of nitrogens with two attached hydrogens (primary N) is 2. The van der Waals surface area contributed by atoms with E-state index in [-0.39, 0.29) is 25.5 Å². The molecule has 0 aromatic heterocycles. The van der Waals surface area contributed by atoms with Crippen molar-refractivity contribution in [1.29, 1.82) is 0 Å². The highest BCUT2D eigenvalue weighted by Crippen LogP contribution is 2.44. The zero-order valence-corrected chi connectivity index (χ0v) is 21.4. The average molecular weight is 496 g/mol. The average Bonchev–Trinajstić information content (AvgIpc) is 3.20. The number of carbonyl (C=O) groups excluding carboxylic acids is 1. The zero-order chi connectivity index (χ0) is 26.0. The first-order valence-corrected chi connectivity index (χ1v) is 13.2. The number of fused-ring (bicyclic) bond motifs is 3. The van der Waals surface area contributed by atoms with Gasteiger partial charge in [0.1, 0.15) is 18.2 Å². The minimum Gasteiger partial charge on any atom is -0.480 e. The summed E-state index contributed by atoms with van der Waals surface area (Å²) in [7, 11) is 0. The van der Waals surface area contributed by atoms with Crippen molar-refractivity contribution in [2.24, 2.45) is 11.5 Å². The molecule has 0 fully saturated rings. The summed E-state index contributed by atoms with van der Waals surface area (Å²) in [6.45, 7) is 2.99. The van der Waals surface area contributed by atoms with Crippen molar-refractivity contribution >= 4 is 11.9 Å². The lowest BCUT2D eigenvalue weighted by molar-refractivity contribution is -0.150. The first-order chi connectivity index (χ1) is 17.4. The molecule has 1 aliphatic rings. The van der Waals surface area contributed by atoms with E-state index in [1.165, 1.54) is 30.4 Å². The van der Waals surface area contributed by atoms with Crippen LogP contribution in [0.15, 0.2) is 48.5 Å². The molecule has 7 nitrogen and oxygen atoms in total. The minimum absolute atomic E-state index is 0.0267. The number of rotatable bonds is 16. The lowest BCUT2D eigenvalue weighted by Gasteiger charge is -2.29. The predicted octanol–water partition coefficient (Wildman–Crippen LogP) is 4.18. The summed E-state index contributed by atoms with van der Waals surface area (Å²) in [5.74, 6) is -1.49. The SMILES string of the molecule is CCCCCCCCC(N)(CNCCC(N)C(=O)O)C(=O)OCC1c2ccccc2-c2ccccc21. The lowest BCUT2D eigenvalue weighted by atomic mass is 9.92. The van der Waals surface area contributed by atoms with Gasteiger partial charge in [-0.15, -0.1) is 0 Å². The second kappa shape index (κ2) is 13.5. The Labute approximate surface area is 214 Å². The summed E-state index contributed by atoms with van der Waals surface area (Å²) < 4.78 is 5.89. The van der Waals surface area contributed by atoms with Gasteiger partial charge in [0.05, 0.1) is 0 Å². The van der Waals surface area contributed by atoms with Crippen LogP contribution in [0.2, 0.25) is 0 Å². The molecule has 0 saturated heterocycles. The number of carboxylic acid groups (broad SMARTS) is 1. The van der Waals surface area contributed by atoms with Crippen LogP contribution in [0, 0.1) is 0 Å². The maximum absolute atomic E-state index is 13.3. The number of carbonyl (C=O) groups is 2. The van der Waals surface area contributed by atoms with Crippen LogP contribution in [-0.4, -0.2) is 48.3 Å². The Hall–Kier alpha value is -2.74. The Morgan fingerprint density at radius 1 is 1.00 bits per heavy atom. The van der Waals surface area contributed by atoms with Gasteiger partial charge < -0.3 is 26.6 Å². The van der Waals surface area contributed by atoms with E-state index in [4.69, 9.17) is 21.3 Å². The Morgan fingerprint density at radius 2 is 1.58 bits per heavy atom. The third-order valence-corrected chi connectivity index (χ3v) is 7.12. The van der Waals surface area contributed by atoms with E-state index in [2.05, 4.69) is 36.5 Å². The number of nitrogens with one attached hydrogen (secondary N) is 1. The molecular formula is C29H41N3O4. The maximum atomic E-state index is 13.3. The Kier molecular flexibility index (Phi) is 10.5. The fraction of sp³-hybridized carbons (Fsp3) is 0.517. The molecule has 3 rings (SSSR count). The smallest absolute Gasteiger partial charge is 0.327 e. The van der Waals surface area contributed by atoms with Crippen LogP contribution in [0.4, 0.5) is 0 Å². The van der Waals surface area contributed by atoms with Gasteiger partial charge in [0.15, 0.2) is 0 Å². The number of hydrogen-bond donors (Lipinski definition) is 4. The number of hydrogen-bond acceptors (Lipinski definition) is 6. The summed E-state index contributed by atoms with van der Waals surface area (Å²) in [5, 5.41) is 12.1. The predicted molar refractivity (Wildman–Crippen MR) is 143 cm³/mol. The van der Waals surface area contributed by atoms with E-state index in [0.29, 0.717) is 13.0 Å². The summed E-state index contributed by atoms with van der Waals surface area (Å²) in [5.41, 5.74) is 15.7. The van der Waals surface area contributed by atoms with E-state index in [0.717, 1.165) is 30.4 Å². The number of carboxylic acids is 1. The van der Waals surface area contributed by atoms with Gasteiger partial charge in [-0.1, -0.05) is 94.0 Å². The number of unbranched alkanes of at least 4 members (excludes halogenated alkanes) is 5. The molecule has 6 N–H and O–H groups in total. The Balaban J connectivity index is 1.63. The quantitative estimate of drug-likeness (QED) is 0.203. The van der Waals surface area contributed by atoms with E-state index < -0.39 is 23.5 Å². The third kappa shape index (κ3) is 7.15. The maximum Gasteiger partial charge on any atom is 0.327 e. The second-order valence-electron chi connectivity index (χ2n) is 9.91. The van der Waals surface area contributed by atoms with Crippen molar-refractivity contribution < 1.29 is 19.4 Å². The molecule has 0 spiro atoms. The van der Waals surface area contributed by atoms with Crippen LogP contribution < -0.4 is 16.8 Å². The van der Waals surface area contributed by atoms with Gasteiger partial charge in [0, 0.05) is 12.5 Å². The summed E-state index contributed by atoms with van der Waals surface area (Å²) in [4.78, 5) is 24.3. The molecule has 196 valence electrons. The van der Waals surface area contributed by atoms with Gasteiger partial charge in [-0.2, -0.15) is 0 Å². The van der Waals surface area contributed by atoms with E-state index >= 15 is 0 Å². The number of esters is 1. The Bertz CT molecular complexity index is 966. The molecule has 0 aliphatic heterocycles. The molecule has 7 heteroatoms. The molecule has 0 saturated carbocycles. The molecule has 2 unspecified atom stereocenters. The van der Waals surface area contributed by atoms with Gasteiger partial charge in [-0.05, 0) is 41.6 Å². The fourth-order valence-corrected chi connectivity index (χ4v) is 4.92. The molecule has 2 atom stereocenters. The number of aliphatic carboxylic acids is 1. The van der Waals surface area contributed by atoms with Crippen LogP contribution in [-0.2, 0) is 14.3 Å². The molecule has 0 amide bonds. The largest absolute Gasteiger partial charge is 0.480 e. The topological polar surface area (TPSA) is 128 Å². The highest BCUT2D eigenvalue weighted by Gasteiger charge is 2.37. The highest BCUT2D eigenvalue weighted by atomic mass is 16.5. The molecule has 0 bridgehead atoms. The van der Waals surface area contributed by atoms with Crippen LogP contribution >= 0.6 is 0 Å². The minimum atomic E-state index is -1.18. The van der Waals surface area contributed by atoms with E-state index in [9.17, 15) is 9.59 Å². The lowest BCUT2D eigenvalue weighted by Crippen LogP contribution is -2.56. The van der Waals surface area contributed by atoms with Crippen molar-refractivity contribution in [3.8, 4) is 11.1 Å². The molecule has 0 heterocycles. The summed E-state index contributed by atoms with van der Waals surface area (Å²) >= 11 is 0. The molecule has 36 heavy (non-hydrogen) atoms. The van der Waals surface area contributed by atoms with Crippen molar-refractivity contribution in [2.75, 3.05) is 19.7 Å². The molecular weight excluding hydrogens is 454 g/mol. The first kappa shape index (κ1) is 27.8. The third-order valence-electron chi connectivity index (χ3n) is 7.12. The molecule has 0 radical (unpaired) electrons. The van der Waals surface area contributed by atoms with Gasteiger partial charge in [-0.25, -0.2) is 0 Å². The monoisotopic (exact) mass is 495 g/mol. The molecule has 2 aromatic rings. The van der Waals surface area contributed by atoms with Crippen molar-refractivity contribution in [3.63, 3.8) is 0 Å². The van der Waals surface area contributed by atoms with Crippen molar-refractivity contribution in [1.82, 2.24) is 5.32 Å². The van der Waals surface area contributed by atoms with Gasteiger partial charge in [0.25, 0.3) is 0 Å². The fourth-order valence-electron chi connectivity index (χ4n) is 4.92.